The van der Waals surface area contributed by atoms with Crippen LogP contribution in [-0.2, 0) is 17.9 Å². The van der Waals surface area contributed by atoms with E-state index in [-0.39, 0.29) is 0 Å². The molecular weight excluding hydrogens is 312 g/mol. The number of fused-ring (bicyclic) bond motifs is 1. The maximum absolute atomic E-state index is 12.7. The summed E-state index contributed by atoms with van der Waals surface area (Å²) in [6.45, 7) is 5.45. The number of amides is 1. The molecule has 2 aliphatic heterocycles. The first-order valence-corrected chi connectivity index (χ1v) is 10.0. The van der Waals surface area contributed by atoms with Crippen molar-refractivity contribution in [3.8, 4) is 5.75 Å². The van der Waals surface area contributed by atoms with E-state index in [1.54, 1.807) is 0 Å². The van der Waals surface area contributed by atoms with Gasteiger partial charge in [0.15, 0.2) is 0 Å². The number of ether oxygens (including phenoxy) is 1. The zero-order chi connectivity index (χ0) is 17.1. The van der Waals surface area contributed by atoms with E-state index in [2.05, 4.69) is 23.1 Å². The first-order valence-electron chi connectivity index (χ1n) is 10.0. The van der Waals surface area contributed by atoms with Gasteiger partial charge in [0.1, 0.15) is 12.4 Å². The van der Waals surface area contributed by atoms with Crippen LogP contribution in [0.25, 0.3) is 0 Å². The summed E-state index contributed by atoms with van der Waals surface area (Å²) in [6, 6.07) is 6.55. The van der Waals surface area contributed by atoms with Gasteiger partial charge in [-0.15, -0.1) is 0 Å². The molecule has 0 N–H and O–H groups in total. The van der Waals surface area contributed by atoms with Gasteiger partial charge in [0.2, 0.25) is 5.91 Å². The topological polar surface area (TPSA) is 32.8 Å². The summed E-state index contributed by atoms with van der Waals surface area (Å²) in [5, 5.41) is 0. The van der Waals surface area contributed by atoms with E-state index in [1.165, 1.54) is 62.7 Å². The lowest BCUT2D eigenvalue weighted by Crippen LogP contribution is -2.33. The number of carbonyl (C=O) groups is 1. The van der Waals surface area contributed by atoms with Crippen LogP contribution in [0.2, 0.25) is 0 Å². The Morgan fingerprint density at radius 3 is 2.68 bits per heavy atom. The molecule has 4 rings (SSSR count). The standard InChI is InChI=1S/C21H30N2O2/c24-21(14-17-5-1-2-6-17)23-11-12-25-20-8-7-18(13-19(20)16-23)15-22-9-3-4-10-22/h7-8,13,17H,1-6,9-12,14-16H2. The molecule has 0 atom stereocenters. The number of hydrogen-bond donors (Lipinski definition) is 0. The lowest BCUT2D eigenvalue weighted by atomic mass is 10.0. The van der Waals surface area contributed by atoms with Crippen LogP contribution in [0.15, 0.2) is 18.2 Å². The predicted molar refractivity (Wildman–Crippen MR) is 98.4 cm³/mol. The van der Waals surface area contributed by atoms with E-state index in [1.807, 2.05) is 4.90 Å². The first-order chi connectivity index (χ1) is 12.3. The van der Waals surface area contributed by atoms with Gasteiger partial charge < -0.3 is 9.64 Å². The lowest BCUT2D eigenvalue weighted by molar-refractivity contribution is -0.132. The smallest absolute Gasteiger partial charge is 0.223 e. The van der Waals surface area contributed by atoms with Gasteiger partial charge in [0.05, 0.1) is 6.54 Å². The van der Waals surface area contributed by atoms with Crippen LogP contribution in [0, 0.1) is 5.92 Å². The summed E-state index contributed by atoms with van der Waals surface area (Å²) in [7, 11) is 0. The van der Waals surface area contributed by atoms with Gasteiger partial charge in [0, 0.05) is 25.1 Å². The molecule has 3 aliphatic rings. The molecule has 25 heavy (non-hydrogen) atoms. The van der Waals surface area contributed by atoms with Crippen molar-refractivity contribution in [2.75, 3.05) is 26.2 Å². The van der Waals surface area contributed by atoms with Crippen molar-refractivity contribution in [1.29, 1.82) is 0 Å². The minimum Gasteiger partial charge on any atom is -0.491 e. The van der Waals surface area contributed by atoms with Crippen molar-refractivity contribution in [3.05, 3.63) is 29.3 Å². The second-order valence-corrected chi connectivity index (χ2v) is 7.94. The van der Waals surface area contributed by atoms with E-state index in [0.29, 0.717) is 31.5 Å². The summed E-state index contributed by atoms with van der Waals surface area (Å²) in [6.07, 6.45) is 8.41. The summed E-state index contributed by atoms with van der Waals surface area (Å²) in [5.74, 6) is 1.88. The maximum Gasteiger partial charge on any atom is 0.223 e. The molecule has 0 aromatic heterocycles. The van der Waals surface area contributed by atoms with Crippen LogP contribution in [0.5, 0.6) is 5.75 Å². The number of carbonyl (C=O) groups excluding carboxylic acids is 1. The van der Waals surface area contributed by atoms with E-state index in [0.717, 1.165) is 18.7 Å². The fraction of sp³-hybridized carbons (Fsp3) is 0.667. The molecule has 0 bridgehead atoms. The summed E-state index contributed by atoms with van der Waals surface area (Å²) >= 11 is 0. The van der Waals surface area contributed by atoms with Gasteiger partial charge in [-0.05, 0) is 62.4 Å². The van der Waals surface area contributed by atoms with Crippen LogP contribution in [0.4, 0.5) is 0 Å². The Hall–Kier alpha value is -1.55. The summed E-state index contributed by atoms with van der Waals surface area (Å²) < 4.78 is 5.92. The Labute approximate surface area is 151 Å². The minimum atomic E-state index is 0.313. The zero-order valence-corrected chi connectivity index (χ0v) is 15.2. The van der Waals surface area contributed by atoms with Crippen molar-refractivity contribution >= 4 is 5.91 Å². The molecule has 0 spiro atoms. The highest BCUT2D eigenvalue weighted by molar-refractivity contribution is 5.76. The van der Waals surface area contributed by atoms with Crippen molar-refractivity contribution in [2.45, 2.75) is 58.0 Å². The third kappa shape index (κ3) is 4.17. The van der Waals surface area contributed by atoms with E-state index in [4.69, 9.17) is 4.74 Å². The fourth-order valence-electron chi connectivity index (χ4n) is 4.55. The molecular formula is C21H30N2O2. The number of likely N-dealkylation sites (tertiary alicyclic amines) is 1. The molecule has 1 aromatic rings. The molecule has 0 radical (unpaired) electrons. The molecule has 4 heteroatoms. The Morgan fingerprint density at radius 1 is 1.08 bits per heavy atom. The normalized spacial score (nSPS) is 21.8. The Morgan fingerprint density at radius 2 is 1.88 bits per heavy atom. The molecule has 0 unspecified atom stereocenters. The number of rotatable bonds is 4. The highest BCUT2D eigenvalue weighted by atomic mass is 16.5. The first kappa shape index (κ1) is 16.9. The second kappa shape index (κ2) is 7.77. The highest BCUT2D eigenvalue weighted by Crippen LogP contribution is 2.30. The summed E-state index contributed by atoms with van der Waals surface area (Å²) in [4.78, 5) is 17.3. The van der Waals surface area contributed by atoms with Crippen molar-refractivity contribution < 1.29 is 9.53 Å². The predicted octanol–water partition coefficient (Wildman–Crippen LogP) is 3.58. The molecule has 1 saturated carbocycles. The van der Waals surface area contributed by atoms with E-state index >= 15 is 0 Å². The third-order valence-corrected chi connectivity index (χ3v) is 6.00. The van der Waals surface area contributed by atoms with Gasteiger partial charge >= 0.3 is 0 Å². The number of hydrogen-bond acceptors (Lipinski definition) is 3. The number of benzene rings is 1. The van der Waals surface area contributed by atoms with E-state index < -0.39 is 0 Å². The molecule has 1 aliphatic carbocycles. The largest absolute Gasteiger partial charge is 0.491 e. The third-order valence-electron chi connectivity index (χ3n) is 6.00. The maximum atomic E-state index is 12.7. The van der Waals surface area contributed by atoms with Gasteiger partial charge in [-0.25, -0.2) is 0 Å². The monoisotopic (exact) mass is 342 g/mol. The molecule has 136 valence electrons. The Balaban J connectivity index is 1.43. The fourth-order valence-corrected chi connectivity index (χ4v) is 4.55. The van der Waals surface area contributed by atoms with Crippen molar-refractivity contribution in [2.24, 2.45) is 5.92 Å². The lowest BCUT2D eigenvalue weighted by Gasteiger charge is -2.22. The average Bonchev–Trinajstić information content (AvgIpc) is 3.25. The van der Waals surface area contributed by atoms with Gasteiger partial charge in [-0.2, -0.15) is 0 Å². The molecule has 4 nitrogen and oxygen atoms in total. The minimum absolute atomic E-state index is 0.313. The molecule has 1 amide bonds. The highest BCUT2D eigenvalue weighted by Gasteiger charge is 2.24. The quantitative estimate of drug-likeness (QED) is 0.838. The van der Waals surface area contributed by atoms with Crippen molar-refractivity contribution in [3.63, 3.8) is 0 Å². The second-order valence-electron chi connectivity index (χ2n) is 7.94. The molecule has 2 heterocycles. The summed E-state index contributed by atoms with van der Waals surface area (Å²) in [5.41, 5.74) is 2.52. The van der Waals surface area contributed by atoms with Crippen LogP contribution in [0.1, 0.15) is 56.1 Å². The van der Waals surface area contributed by atoms with Crippen molar-refractivity contribution in [1.82, 2.24) is 9.80 Å². The SMILES string of the molecule is O=C(CC1CCCC1)N1CCOc2ccc(CN3CCCC3)cc2C1. The molecule has 1 aromatic carbocycles. The number of nitrogens with zero attached hydrogens (tertiary/aromatic N) is 2. The van der Waals surface area contributed by atoms with Crippen LogP contribution < -0.4 is 4.74 Å². The van der Waals surface area contributed by atoms with Gasteiger partial charge in [-0.3, -0.25) is 9.69 Å². The zero-order valence-electron chi connectivity index (χ0n) is 15.2. The Bertz CT molecular complexity index is 604. The molecule has 1 saturated heterocycles. The van der Waals surface area contributed by atoms with Crippen LogP contribution in [0.3, 0.4) is 0 Å². The Kier molecular flexibility index (Phi) is 5.25. The van der Waals surface area contributed by atoms with Crippen LogP contribution >= 0.6 is 0 Å². The van der Waals surface area contributed by atoms with Gasteiger partial charge in [0.25, 0.3) is 0 Å². The average molecular weight is 342 g/mol. The molecule has 2 fully saturated rings. The van der Waals surface area contributed by atoms with Gasteiger partial charge in [-0.1, -0.05) is 18.9 Å². The van der Waals surface area contributed by atoms with Crippen LogP contribution in [-0.4, -0.2) is 41.9 Å². The van der Waals surface area contributed by atoms with E-state index in [9.17, 15) is 4.79 Å².